The third-order valence-corrected chi connectivity index (χ3v) is 3.89. The molecule has 1 heterocycles. The first-order valence-corrected chi connectivity index (χ1v) is 6.35. The van der Waals surface area contributed by atoms with Crippen molar-refractivity contribution in [1.29, 1.82) is 0 Å². The normalized spacial score (nSPS) is 27.1. The predicted molar refractivity (Wildman–Crippen MR) is 67.2 cm³/mol. The fourth-order valence-corrected chi connectivity index (χ4v) is 2.70. The minimum absolute atomic E-state index is 0.696. The van der Waals surface area contributed by atoms with Crippen LogP contribution in [0.15, 0.2) is 23.4 Å². The van der Waals surface area contributed by atoms with E-state index in [0.29, 0.717) is 5.92 Å². The highest BCUT2D eigenvalue weighted by Gasteiger charge is 2.24. The zero-order valence-electron chi connectivity index (χ0n) is 10.6. The van der Waals surface area contributed by atoms with Gasteiger partial charge in [0.15, 0.2) is 0 Å². The first-order valence-electron chi connectivity index (χ1n) is 6.35. The predicted octanol–water partition coefficient (Wildman–Crippen LogP) is 2.97. The van der Waals surface area contributed by atoms with Gasteiger partial charge < -0.3 is 9.64 Å². The lowest BCUT2D eigenvalue weighted by Crippen LogP contribution is -2.37. The summed E-state index contributed by atoms with van der Waals surface area (Å²) in [6.07, 6.45) is 3.72. The molecule has 1 fully saturated rings. The Morgan fingerprint density at radius 1 is 1.38 bits per heavy atom. The molecule has 0 bridgehead atoms. The van der Waals surface area contributed by atoms with Crippen molar-refractivity contribution in [3.8, 4) is 0 Å². The van der Waals surface area contributed by atoms with Crippen LogP contribution < -0.4 is 0 Å². The maximum atomic E-state index is 5.42. The van der Waals surface area contributed by atoms with Crippen molar-refractivity contribution in [2.75, 3.05) is 26.3 Å². The number of morpholine rings is 1. The summed E-state index contributed by atoms with van der Waals surface area (Å²) < 4.78 is 5.42. The van der Waals surface area contributed by atoms with Crippen LogP contribution in [-0.2, 0) is 4.74 Å². The molecule has 2 aliphatic rings. The molecule has 0 saturated carbocycles. The lowest BCUT2D eigenvalue weighted by atomic mass is 9.83. The Hall–Kier alpha value is -0.760. The van der Waals surface area contributed by atoms with Crippen LogP contribution in [0.5, 0.6) is 0 Å². The van der Waals surface area contributed by atoms with E-state index in [0.717, 1.165) is 26.3 Å². The highest BCUT2D eigenvalue weighted by Crippen LogP contribution is 2.34. The van der Waals surface area contributed by atoms with Gasteiger partial charge in [-0.1, -0.05) is 17.7 Å². The topological polar surface area (TPSA) is 12.5 Å². The summed E-state index contributed by atoms with van der Waals surface area (Å²) in [5.74, 6) is 0.696. The molecule has 0 N–H and O–H groups in total. The Kier molecular flexibility index (Phi) is 3.70. The highest BCUT2D eigenvalue weighted by atomic mass is 16.5. The molecular formula is C14H23NO. The second kappa shape index (κ2) is 5.05. The summed E-state index contributed by atoms with van der Waals surface area (Å²) in [6, 6.07) is 0. The maximum absolute atomic E-state index is 5.42. The molecule has 0 aromatic carbocycles. The molecule has 0 amide bonds. The fraction of sp³-hybridized carbons (Fsp3) is 0.714. The van der Waals surface area contributed by atoms with Crippen molar-refractivity contribution in [3.63, 3.8) is 0 Å². The van der Waals surface area contributed by atoms with Gasteiger partial charge in [-0.2, -0.15) is 0 Å². The number of ether oxygens (including phenoxy) is 1. The standard InChI is InChI=1S/C14H23NO/c1-11(2)13-5-4-12(3)14(10-13)15-6-8-16-9-7-15/h13H,1,4-10H2,2-3H3/t13-/m1/s1. The quantitative estimate of drug-likeness (QED) is 0.665. The number of allylic oxidation sites excluding steroid dienone is 3. The fourth-order valence-electron chi connectivity index (χ4n) is 2.70. The Morgan fingerprint density at radius 2 is 2.06 bits per heavy atom. The molecule has 1 aliphatic heterocycles. The van der Waals surface area contributed by atoms with Crippen LogP contribution in [0.25, 0.3) is 0 Å². The summed E-state index contributed by atoms with van der Waals surface area (Å²) in [5.41, 5.74) is 4.50. The molecule has 2 heteroatoms. The number of hydrogen-bond donors (Lipinski definition) is 0. The van der Waals surface area contributed by atoms with E-state index in [9.17, 15) is 0 Å². The summed E-state index contributed by atoms with van der Waals surface area (Å²) in [5, 5.41) is 0. The summed E-state index contributed by atoms with van der Waals surface area (Å²) in [4.78, 5) is 2.52. The van der Waals surface area contributed by atoms with E-state index in [2.05, 4.69) is 25.3 Å². The van der Waals surface area contributed by atoms with Gasteiger partial charge in [0.2, 0.25) is 0 Å². The number of rotatable bonds is 2. The lowest BCUT2D eigenvalue weighted by Gasteiger charge is -2.37. The first-order chi connectivity index (χ1) is 7.68. The lowest BCUT2D eigenvalue weighted by molar-refractivity contribution is 0.0497. The zero-order valence-corrected chi connectivity index (χ0v) is 10.6. The first kappa shape index (κ1) is 11.7. The van der Waals surface area contributed by atoms with E-state index in [1.165, 1.54) is 24.8 Å². The molecule has 2 rings (SSSR count). The minimum atomic E-state index is 0.696. The molecule has 0 unspecified atom stereocenters. The third-order valence-electron chi connectivity index (χ3n) is 3.89. The van der Waals surface area contributed by atoms with Gasteiger partial charge in [0, 0.05) is 18.8 Å². The molecular weight excluding hydrogens is 198 g/mol. The van der Waals surface area contributed by atoms with Crippen molar-refractivity contribution in [2.24, 2.45) is 5.92 Å². The average molecular weight is 221 g/mol. The van der Waals surface area contributed by atoms with E-state index in [-0.39, 0.29) is 0 Å². The third kappa shape index (κ3) is 2.49. The average Bonchev–Trinajstić information content (AvgIpc) is 2.30. The summed E-state index contributed by atoms with van der Waals surface area (Å²) in [6.45, 7) is 12.5. The molecule has 90 valence electrons. The van der Waals surface area contributed by atoms with Crippen molar-refractivity contribution < 1.29 is 4.74 Å². The highest BCUT2D eigenvalue weighted by molar-refractivity contribution is 5.19. The molecule has 0 spiro atoms. The van der Waals surface area contributed by atoms with Gasteiger partial charge in [0.05, 0.1) is 13.2 Å². The molecule has 1 aliphatic carbocycles. The van der Waals surface area contributed by atoms with Gasteiger partial charge in [-0.25, -0.2) is 0 Å². The van der Waals surface area contributed by atoms with Crippen LogP contribution in [0.4, 0.5) is 0 Å². The molecule has 0 radical (unpaired) electrons. The van der Waals surface area contributed by atoms with Gasteiger partial charge in [0.1, 0.15) is 0 Å². The molecule has 1 atom stereocenters. The maximum Gasteiger partial charge on any atom is 0.0642 e. The Labute approximate surface area is 99.0 Å². The zero-order chi connectivity index (χ0) is 11.5. The molecule has 16 heavy (non-hydrogen) atoms. The van der Waals surface area contributed by atoms with E-state index in [1.54, 1.807) is 11.3 Å². The molecule has 0 aromatic rings. The van der Waals surface area contributed by atoms with Gasteiger partial charge >= 0.3 is 0 Å². The summed E-state index contributed by atoms with van der Waals surface area (Å²) >= 11 is 0. The van der Waals surface area contributed by atoms with Gasteiger partial charge in [-0.15, -0.1) is 0 Å². The van der Waals surface area contributed by atoms with Crippen LogP contribution in [0.3, 0.4) is 0 Å². The SMILES string of the molecule is C=C(C)[C@@H]1CCC(C)=C(N2CCOCC2)C1. The second-order valence-corrected chi connectivity index (χ2v) is 5.11. The van der Waals surface area contributed by atoms with Crippen LogP contribution in [0.2, 0.25) is 0 Å². The van der Waals surface area contributed by atoms with E-state index < -0.39 is 0 Å². The van der Waals surface area contributed by atoms with Gasteiger partial charge in [-0.05, 0) is 39.0 Å². The monoisotopic (exact) mass is 221 g/mol. The Morgan fingerprint density at radius 3 is 2.69 bits per heavy atom. The van der Waals surface area contributed by atoms with Gasteiger partial charge in [0.25, 0.3) is 0 Å². The van der Waals surface area contributed by atoms with E-state index in [1.807, 2.05) is 0 Å². The molecule has 1 saturated heterocycles. The number of hydrogen-bond acceptors (Lipinski definition) is 2. The smallest absolute Gasteiger partial charge is 0.0642 e. The van der Waals surface area contributed by atoms with Crippen molar-refractivity contribution in [3.05, 3.63) is 23.4 Å². The van der Waals surface area contributed by atoms with Crippen molar-refractivity contribution in [2.45, 2.75) is 33.1 Å². The molecule has 2 nitrogen and oxygen atoms in total. The van der Waals surface area contributed by atoms with Gasteiger partial charge in [-0.3, -0.25) is 0 Å². The summed E-state index contributed by atoms with van der Waals surface area (Å²) in [7, 11) is 0. The number of nitrogens with zero attached hydrogens (tertiary/aromatic N) is 1. The van der Waals surface area contributed by atoms with Crippen LogP contribution in [0.1, 0.15) is 33.1 Å². The van der Waals surface area contributed by atoms with Crippen LogP contribution >= 0.6 is 0 Å². The van der Waals surface area contributed by atoms with Crippen LogP contribution in [-0.4, -0.2) is 31.2 Å². The van der Waals surface area contributed by atoms with Crippen molar-refractivity contribution in [1.82, 2.24) is 4.90 Å². The molecule has 0 aromatic heterocycles. The Balaban J connectivity index is 2.08. The second-order valence-electron chi connectivity index (χ2n) is 5.11. The van der Waals surface area contributed by atoms with Crippen LogP contribution in [0, 0.1) is 5.92 Å². The largest absolute Gasteiger partial charge is 0.378 e. The van der Waals surface area contributed by atoms with Crippen molar-refractivity contribution >= 4 is 0 Å². The minimum Gasteiger partial charge on any atom is -0.378 e. The van der Waals surface area contributed by atoms with E-state index in [4.69, 9.17) is 4.74 Å². The van der Waals surface area contributed by atoms with E-state index >= 15 is 0 Å². The Bertz CT molecular complexity index is 300.